The van der Waals surface area contributed by atoms with Gasteiger partial charge in [0, 0.05) is 17.6 Å². The van der Waals surface area contributed by atoms with Crippen molar-refractivity contribution in [1.82, 2.24) is 15.1 Å². The van der Waals surface area contributed by atoms with Gasteiger partial charge in [0.05, 0.1) is 24.8 Å². The highest BCUT2D eigenvalue weighted by atomic mass is 32.2. The maximum Gasteiger partial charge on any atom is 0.255 e. The fourth-order valence-corrected chi connectivity index (χ4v) is 6.83. The highest BCUT2D eigenvalue weighted by Crippen LogP contribution is 2.46. The number of nitrogens with one attached hydrogen (secondary N) is 2. The topological polar surface area (TPSA) is 105 Å². The lowest BCUT2D eigenvalue weighted by atomic mass is 9.76. The van der Waals surface area contributed by atoms with Gasteiger partial charge >= 0.3 is 0 Å². The van der Waals surface area contributed by atoms with Crippen molar-refractivity contribution in [2.24, 2.45) is 0 Å². The molecule has 0 bridgehead atoms. The summed E-state index contributed by atoms with van der Waals surface area (Å²) in [6.45, 7) is 2.18. The number of carbonyl (C=O) groups excluding carboxylic acids is 2. The van der Waals surface area contributed by atoms with E-state index in [1.54, 1.807) is 17.0 Å². The molecule has 3 aromatic carbocycles. The molecule has 1 fully saturated rings. The first-order valence-corrected chi connectivity index (χ1v) is 15.5. The fraction of sp³-hybridized carbons (Fsp3) is 0.355. The molecule has 9 heteroatoms. The van der Waals surface area contributed by atoms with Crippen molar-refractivity contribution in [3.63, 3.8) is 0 Å². The van der Waals surface area contributed by atoms with Crippen molar-refractivity contribution in [2.45, 2.75) is 63.3 Å². The highest BCUT2D eigenvalue weighted by Gasteiger charge is 2.48. The second-order valence-corrected chi connectivity index (χ2v) is 12.5. The monoisotopic (exact) mass is 561 g/mol. The van der Waals surface area contributed by atoms with Gasteiger partial charge in [-0.3, -0.25) is 14.4 Å². The molecule has 4 atom stereocenters. The average Bonchev–Trinajstić information content (AvgIpc) is 2.94. The van der Waals surface area contributed by atoms with E-state index in [2.05, 4.69) is 10.2 Å². The van der Waals surface area contributed by atoms with Crippen LogP contribution in [0.15, 0.2) is 78.9 Å². The van der Waals surface area contributed by atoms with Crippen LogP contribution in [0.5, 0.6) is 0 Å². The number of carbonyl (C=O) groups is 2. The molecule has 2 N–H and O–H groups in total. The fourth-order valence-electron chi connectivity index (χ4n) is 6.00. The quantitative estimate of drug-likeness (QED) is 0.397. The Morgan fingerprint density at radius 3 is 2.35 bits per heavy atom. The third-order valence-electron chi connectivity index (χ3n) is 7.78. The SMILES string of the molecule is Cc1ccc([C@H]2[C@H](C(=O)NOCc3ccccc3)c3ccccc3C(=O)N2[C@H]2CCCC[C@@H]2NS(C)(=O)=O)cc1. The van der Waals surface area contributed by atoms with E-state index in [1.807, 2.05) is 73.7 Å². The van der Waals surface area contributed by atoms with E-state index < -0.39 is 34.1 Å². The highest BCUT2D eigenvalue weighted by molar-refractivity contribution is 7.88. The van der Waals surface area contributed by atoms with Crippen LogP contribution in [0.2, 0.25) is 0 Å². The predicted molar refractivity (Wildman–Crippen MR) is 153 cm³/mol. The summed E-state index contributed by atoms with van der Waals surface area (Å²) in [5.74, 6) is -1.34. The lowest BCUT2D eigenvalue weighted by Crippen LogP contribution is -2.59. The largest absolute Gasteiger partial charge is 0.326 e. The van der Waals surface area contributed by atoms with Crippen LogP contribution in [0, 0.1) is 6.92 Å². The minimum atomic E-state index is -3.52. The minimum Gasteiger partial charge on any atom is -0.326 e. The molecule has 2 amide bonds. The van der Waals surface area contributed by atoms with Gasteiger partial charge in [0.25, 0.3) is 11.8 Å². The Bertz CT molecular complexity index is 1460. The number of aryl methyl sites for hydroxylation is 1. The second-order valence-electron chi connectivity index (χ2n) is 10.7. The molecule has 8 nitrogen and oxygen atoms in total. The van der Waals surface area contributed by atoms with Gasteiger partial charge in [-0.1, -0.05) is 91.2 Å². The molecule has 0 aromatic heterocycles. The van der Waals surface area contributed by atoms with Gasteiger partial charge < -0.3 is 4.90 Å². The third kappa shape index (κ3) is 6.11. The zero-order valence-corrected chi connectivity index (χ0v) is 23.6. The summed E-state index contributed by atoms with van der Waals surface area (Å²) >= 11 is 0. The predicted octanol–water partition coefficient (Wildman–Crippen LogP) is 4.38. The number of amides is 2. The minimum absolute atomic E-state index is 0.196. The molecule has 1 aliphatic heterocycles. The van der Waals surface area contributed by atoms with E-state index in [1.165, 1.54) is 0 Å². The number of fused-ring (bicyclic) bond motifs is 1. The van der Waals surface area contributed by atoms with Gasteiger partial charge in [0.2, 0.25) is 10.0 Å². The van der Waals surface area contributed by atoms with Crippen LogP contribution in [0.3, 0.4) is 0 Å². The summed E-state index contributed by atoms with van der Waals surface area (Å²) in [6, 6.07) is 23.0. The lowest BCUT2D eigenvalue weighted by Gasteiger charge is -2.49. The molecular formula is C31H35N3O5S. The smallest absolute Gasteiger partial charge is 0.255 e. The van der Waals surface area contributed by atoms with Gasteiger partial charge in [-0.05, 0) is 42.5 Å². The Kier molecular flexibility index (Phi) is 8.35. The molecule has 1 heterocycles. The summed E-state index contributed by atoms with van der Waals surface area (Å²) in [5.41, 5.74) is 6.49. The van der Waals surface area contributed by atoms with Crippen molar-refractivity contribution < 1.29 is 22.8 Å². The number of hydrogen-bond acceptors (Lipinski definition) is 5. The summed E-state index contributed by atoms with van der Waals surface area (Å²) < 4.78 is 27.4. The number of rotatable bonds is 8. The van der Waals surface area contributed by atoms with Crippen molar-refractivity contribution in [3.05, 3.63) is 107 Å². The number of benzene rings is 3. The van der Waals surface area contributed by atoms with Crippen LogP contribution >= 0.6 is 0 Å². The van der Waals surface area contributed by atoms with E-state index >= 15 is 0 Å². The van der Waals surface area contributed by atoms with Crippen LogP contribution in [-0.4, -0.2) is 43.5 Å². The molecule has 2 aliphatic rings. The first-order chi connectivity index (χ1) is 19.2. The average molecular weight is 562 g/mol. The van der Waals surface area contributed by atoms with E-state index in [9.17, 15) is 18.0 Å². The van der Waals surface area contributed by atoms with Crippen LogP contribution in [0.4, 0.5) is 0 Å². The summed E-state index contributed by atoms with van der Waals surface area (Å²) in [7, 11) is -3.52. The van der Waals surface area contributed by atoms with E-state index in [0.717, 1.165) is 35.8 Å². The Morgan fingerprint density at radius 1 is 0.950 bits per heavy atom. The summed E-state index contributed by atoms with van der Waals surface area (Å²) in [4.78, 5) is 35.6. The standard InChI is InChI=1S/C31H35N3O5S/c1-21-16-18-23(19-17-21)29-28(30(35)32-39-20-22-10-4-3-5-11-22)24-12-6-7-13-25(24)31(36)34(29)27-15-9-8-14-26(27)33-40(2,37)38/h3-7,10-13,16-19,26-29,33H,8-9,14-15,20H2,1-2H3,(H,32,35)/t26-,27-,28+,29-/m0/s1. The van der Waals surface area contributed by atoms with Gasteiger partial charge in [-0.25, -0.2) is 18.6 Å². The summed E-state index contributed by atoms with van der Waals surface area (Å²) in [5, 5.41) is 0. The lowest BCUT2D eigenvalue weighted by molar-refractivity contribution is -0.138. The van der Waals surface area contributed by atoms with Crippen molar-refractivity contribution in [2.75, 3.05) is 6.26 Å². The number of sulfonamides is 1. The normalized spacial score (nSPS) is 22.9. The molecule has 0 unspecified atom stereocenters. The van der Waals surface area contributed by atoms with E-state index in [-0.39, 0.29) is 18.4 Å². The first-order valence-electron chi connectivity index (χ1n) is 13.6. The first kappa shape index (κ1) is 28.0. The molecule has 1 aliphatic carbocycles. The van der Waals surface area contributed by atoms with Gasteiger partial charge in [0.15, 0.2) is 0 Å². The second kappa shape index (κ2) is 11.9. The zero-order valence-electron chi connectivity index (χ0n) is 22.7. The number of hydroxylamine groups is 1. The Labute approximate surface area is 235 Å². The van der Waals surface area contributed by atoms with Crippen LogP contribution < -0.4 is 10.2 Å². The van der Waals surface area contributed by atoms with Crippen molar-refractivity contribution in [1.29, 1.82) is 0 Å². The molecule has 0 radical (unpaired) electrons. The molecule has 3 aromatic rings. The molecule has 5 rings (SSSR count). The maximum atomic E-state index is 14.2. The molecule has 40 heavy (non-hydrogen) atoms. The van der Waals surface area contributed by atoms with Gasteiger partial charge in [-0.2, -0.15) is 0 Å². The van der Waals surface area contributed by atoms with Crippen molar-refractivity contribution >= 4 is 21.8 Å². The Balaban J connectivity index is 1.57. The Morgan fingerprint density at radius 2 is 1.62 bits per heavy atom. The van der Waals surface area contributed by atoms with Gasteiger partial charge in [-0.15, -0.1) is 0 Å². The van der Waals surface area contributed by atoms with Crippen LogP contribution in [0.1, 0.15) is 70.3 Å². The van der Waals surface area contributed by atoms with Gasteiger partial charge in [0.1, 0.15) is 0 Å². The van der Waals surface area contributed by atoms with Crippen LogP contribution in [0.25, 0.3) is 0 Å². The maximum absolute atomic E-state index is 14.2. The number of hydrogen-bond donors (Lipinski definition) is 2. The molecule has 1 saturated carbocycles. The van der Waals surface area contributed by atoms with Crippen molar-refractivity contribution in [3.8, 4) is 0 Å². The third-order valence-corrected chi connectivity index (χ3v) is 8.52. The molecule has 210 valence electrons. The van der Waals surface area contributed by atoms with Crippen LogP contribution in [-0.2, 0) is 26.3 Å². The molecule has 0 spiro atoms. The molecular weight excluding hydrogens is 526 g/mol. The zero-order chi connectivity index (χ0) is 28.3. The Hall–Kier alpha value is -3.53. The molecule has 0 saturated heterocycles. The van der Waals surface area contributed by atoms with E-state index in [0.29, 0.717) is 24.0 Å². The van der Waals surface area contributed by atoms with E-state index in [4.69, 9.17) is 4.84 Å². The number of nitrogens with zero attached hydrogens (tertiary/aromatic N) is 1. The summed E-state index contributed by atoms with van der Waals surface area (Å²) in [6.07, 6.45) is 4.09.